The van der Waals surface area contributed by atoms with Crippen molar-refractivity contribution in [2.75, 3.05) is 5.32 Å². The van der Waals surface area contributed by atoms with Crippen LogP contribution >= 0.6 is 0 Å². The molecule has 136 valence electrons. The number of nitrogens with one attached hydrogen (secondary N) is 2. The molecule has 0 bridgehead atoms. The van der Waals surface area contributed by atoms with E-state index in [-0.39, 0.29) is 17.5 Å². The quantitative estimate of drug-likeness (QED) is 0.738. The molecule has 2 amide bonds. The van der Waals surface area contributed by atoms with E-state index in [2.05, 4.69) is 46.6 Å². The summed E-state index contributed by atoms with van der Waals surface area (Å²) < 4.78 is 3.74. The Morgan fingerprint density at radius 3 is 2.62 bits per heavy atom. The molecular formula is C18H23N7O. The lowest BCUT2D eigenvalue weighted by Gasteiger charge is -2.31. The number of amides is 2. The lowest BCUT2D eigenvalue weighted by Crippen LogP contribution is -2.47. The summed E-state index contributed by atoms with van der Waals surface area (Å²) in [6.45, 7) is 6.95. The monoisotopic (exact) mass is 353 g/mol. The van der Waals surface area contributed by atoms with Crippen LogP contribution in [-0.4, -0.2) is 36.4 Å². The second-order valence-corrected chi connectivity index (χ2v) is 7.20. The summed E-state index contributed by atoms with van der Waals surface area (Å²) in [7, 11) is 0. The van der Waals surface area contributed by atoms with E-state index in [1.54, 1.807) is 29.7 Å². The zero-order chi connectivity index (χ0) is 18.6. The van der Waals surface area contributed by atoms with Crippen LogP contribution in [0.2, 0.25) is 0 Å². The second kappa shape index (κ2) is 7.38. The number of carbonyl (C=O) groups excluding carboxylic acids is 1. The van der Waals surface area contributed by atoms with E-state index in [1.165, 1.54) is 0 Å². The molecule has 0 saturated carbocycles. The molecule has 1 atom stereocenters. The number of aromatic nitrogens is 5. The van der Waals surface area contributed by atoms with E-state index < -0.39 is 0 Å². The molecule has 3 rings (SSSR count). The number of hydrogen-bond donors (Lipinski definition) is 2. The fourth-order valence-electron chi connectivity index (χ4n) is 2.55. The number of imidazole rings is 1. The van der Waals surface area contributed by atoms with Gasteiger partial charge in [0.25, 0.3) is 0 Å². The SMILES string of the molecule is CC(C)(C)[C@@H](Cn1ccnc1)NC(=O)Nc1cccc(-n2cnnc2)c1. The third-order valence-corrected chi connectivity index (χ3v) is 4.12. The molecule has 0 aliphatic heterocycles. The smallest absolute Gasteiger partial charge is 0.319 e. The molecule has 0 fully saturated rings. The maximum atomic E-state index is 12.5. The fourth-order valence-corrected chi connectivity index (χ4v) is 2.55. The van der Waals surface area contributed by atoms with Crippen molar-refractivity contribution in [3.63, 3.8) is 0 Å². The number of nitrogens with zero attached hydrogens (tertiary/aromatic N) is 5. The van der Waals surface area contributed by atoms with Crippen LogP contribution in [0, 0.1) is 5.41 Å². The molecule has 0 spiro atoms. The number of carbonyl (C=O) groups is 1. The third-order valence-electron chi connectivity index (χ3n) is 4.12. The minimum absolute atomic E-state index is 0.0577. The predicted molar refractivity (Wildman–Crippen MR) is 99.0 cm³/mol. The standard InChI is InChI=1S/C18H23N7O/c1-18(2,3)16(10-24-8-7-19-11-24)23-17(26)22-14-5-4-6-15(9-14)25-12-20-21-13-25/h4-9,11-13,16H,10H2,1-3H3,(H2,22,23,26)/t16-/m1/s1. The summed E-state index contributed by atoms with van der Waals surface area (Å²) in [5, 5.41) is 13.6. The summed E-state index contributed by atoms with van der Waals surface area (Å²) in [5.41, 5.74) is 1.47. The van der Waals surface area contributed by atoms with Crippen molar-refractivity contribution in [2.45, 2.75) is 33.4 Å². The van der Waals surface area contributed by atoms with Crippen LogP contribution in [0.15, 0.2) is 55.6 Å². The molecule has 26 heavy (non-hydrogen) atoms. The summed E-state index contributed by atoms with van der Waals surface area (Å²) in [5.74, 6) is 0. The fraction of sp³-hybridized carbons (Fsp3) is 0.333. The minimum Gasteiger partial charge on any atom is -0.335 e. The van der Waals surface area contributed by atoms with Crippen LogP contribution < -0.4 is 10.6 Å². The molecule has 0 aliphatic carbocycles. The predicted octanol–water partition coefficient (Wildman–Crippen LogP) is 2.70. The molecule has 3 aromatic rings. The zero-order valence-corrected chi connectivity index (χ0v) is 15.1. The summed E-state index contributed by atoms with van der Waals surface area (Å²) in [6, 6.07) is 7.20. The van der Waals surface area contributed by atoms with E-state index >= 15 is 0 Å². The number of rotatable bonds is 5. The normalized spacial score (nSPS) is 12.6. The Balaban J connectivity index is 1.67. The van der Waals surface area contributed by atoms with Crippen molar-refractivity contribution in [2.24, 2.45) is 5.41 Å². The van der Waals surface area contributed by atoms with Gasteiger partial charge in [-0.1, -0.05) is 26.8 Å². The maximum absolute atomic E-state index is 12.5. The third kappa shape index (κ3) is 4.47. The zero-order valence-electron chi connectivity index (χ0n) is 15.1. The van der Waals surface area contributed by atoms with Crippen LogP contribution in [0.3, 0.4) is 0 Å². The van der Waals surface area contributed by atoms with Crippen LogP contribution in [0.1, 0.15) is 20.8 Å². The van der Waals surface area contributed by atoms with Crippen LogP contribution in [0.4, 0.5) is 10.5 Å². The Kier molecular flexibility index (Phi) is 5.01. The Labute approximate surface area is 152 Å². The Morgan fingerprint density at radius 2 is 1.96 bits per heavy atom. The number of urea groups is 1. The van der Waals surface area contributed by atoms with E-state index in [1.807, 2.05) is 35.0 Å². The number of anilines is 1. The molecule has 1 aromatic carbocycles. The highest BCUT2D eigenvalue weighted by molar-refractivity contribution is 5.89. The van der Waals surface area contributed by atoms with Gasteiger partial charge in [-0.3, -0.25) is 4.57 Å². The van der Waals surface area contributed by atoms with Crippen LogP contribution in [-0.2, 0) is 6.54 Å². The minimum atomic E-state index is -0.244. The molecule has 0 radical (unpaired) electrons. The lowest BCUT2D eigenvalue weighted by molar-refractivity contribution is 0.219. The molecule has 2 aromatic heterocycles. The Morgan fingerprint density at radius 1 is 1.19 bits per heavy atom. The topological polar surface area (TPSA) is 89.7 Å². The van der Waals surface area contributed by atoms with Gasteiger partial charge in [-0.25, -0.2) is 9.78 Å². The van der Waals surface area contributed by atoms with Crippen molar-refractivity contribution in [1.29, 1.82) is 0 Å². The highest BCUT2D eigenvalue weighted by atomic mass is 16.2. The van der Waals surface area contributed by atoms with E-state index in [9.17, 15) is 4.79 Å². The van der Waals surface area contributed by atoms with Gasteiger partial charge in [-0.2, -0.15) is 0 Å². The van der Waals surface area contributed by atoms with Gasteiger partial charge < -0.3 is 15.2 Å². The van der Waals surface area contributed by atoms with Gasteiger partial charge in [0.05, 0.1) is 18.1 Å². The van der Waals surface area contributed by atoms with Crippen molar-refractivity contribution < 1.29 is 4.79 Å². The van der Waals surface area contributed by atoms with E-state index in [4.69, 9.17) is 0 Å². The van der Waals surface area contributed by atoms with Crippen LogP contribution in [0.25, 0.3) is 5.69 Å². The van der Waals surface area contributed by atoms with Crippen molar-refractivity contribution in [1.82, 2.24) is 29.6 Å². The molecule has 8 heteroatoms. The van der Waals surface area contributed by atoms with Crippen molar-refractivity contribution >= 4 is 11.7 Å². The van der Waals surface area contributed by atoms with E-state index in [0.29, 0.717) is 12.2 Å². The first-order valence-electron chi connectivity index (χ1n) is 8.40. The molecule has 0 aliphatic rings. The number of benzene rings is 1. The summed E-state index contributed by atoms with van der Waals surface area (Å²) in [4.78, 5) is 16.6. The van der Waals surface area contributed by atoms with Gasteiger partial charge in [0, 0.05) is 24.6 Å². The van der Waals surface area contributed by atoms with Gasteiger partial charge in [0.2, 0.25) is 0 Å². The second-order valence-electron chi connectivity index (χ2n) is 7.20. The molecule has 2 heterocycles. The van der Waals surface area contributed by atoms with Gasteiger partial charge in [0.15, 0.2) is 0 Å². The lowest BCUT2D eigenvalue weighted by atomic mass is 9.86. The van der Waals surface area contributed by atoms with E-state index in [0.717, 1.165) is 5.69 Å². The Hall–Kier alpha value is -3.16. The first-order chi connectivity index (χ1) is 12.4. The van der Waals surface area contributed by atoms with Gasteiger partial charge >= 0.3 is 6.03 Å². The molecular weight excluding hydrogens is 330 g/mol. The molecule has 8 nitrogen and oxygen atoms in total. The summed E-state index contributed by atoms with van der Waals surface area (Å²) >= 11 is 0. The highest BCUT2D eigenvalue weighted by Crippen LogP contribution is 2.21. The Bertz CT molecular complexity index is 835. The van der Waals surface area contributed by atoms with Gasteiger partial charge in [0.1, 0.15) is 12.7 Å². The first kappa shape index (κ1) is 17.7. The molecule has 2 N–H and O–H groups in total. The van der Waals surface area contributed by atoms with Crippen molar-refractivity contribution in [3.8, 4) is 5.69 Å². The average molecular weight is 353 g/mol. The summed E-state index contributed by atoms with van der Waals surface area (Å²) in [6.07, 6.45) is 8.60. The van der Waals surface area contributed by atoms with Gasteiger partial charge in [-0.05, 0) is 23.6 Å². The molecule has 0 saturated heterocycles. The average Bonchev–Trinajstić information content (AvgIpc) is 3.27. The van der Waals surface area contributed by atoms with Gasteiger partial charge in [-0.15, -0.1) is 10.2 Å². The van der Waals surface area contributed by atoms with Crippen LogP contribution in [0.5, 0.6) is 0 Å². The first-order valence-corrected chi connectivity index (χ1v) is 8.40. The molecule has 0 unspecified atom stereocenters. The number of hydrogen-bond acceptors (Lipinski definition) is 4. The largest absolute Gasteiger partial charge is 0.335 e. The highest BCUT2D eigenvalue weighted by Gasteiger charge is 2.26. The van der Waals surface area contributed by atoms with Crippen molar-refractivity contribution in [3.05, 3.63) is 55.6 Å². The maximum Gasteiger partial charge on any atom is 0.319 e.